The molecule has 1 aromatic rings. The minimum Gasteiger partial charge on any atom is -0.221 e. The lowest BCUT2D eigenvalue weighted by Crippen LogP contribution is -1.84. The van der Waals surface area contributed by atoms with Crippen LogP contribution in [0.15, 0.2) is 10.5 Å². The van der Waals surface area contributed by atoms with Gasteiger partial charge in [0.15, 0.2) is 11.0 Å². The van der Waals surface area contributed by atoms with Gasteiger partial charge in [0.25, 0.3) is 0 Å². The number of hydrogen-bond donors (Lipinski definition) is 0. The third-order valence-corrected chi connectivity index (χ3v) is 1.86. The van der Waals surface area contributed by atoms with Crippen molar-refractivity contribution in [2.75, 3.05) is 0 Å². The lowest BCUT2D eigenvalue weighted by molar-refractivity contribution is 0.615. The molecular formula is C5HBrCl2FN. The van der Waals surface area contributed by atoms with E-state index in [1.54, 1.807) is 0 Å². The quantitative estimate of drug-likeness (QED) is 0.639. The van der Waals surface area contributed by atoms with E-state index >= 15 is 0 Å². The molecule has 0 amide bonds. The highest BCUT2D eigenvalue weighted by Crippen LogP contribution is 2.23. The van der Waals surface area contributed by atoms with Crippen molar-refractivity contribution in [2.45, 2.75) is 0 Å². The Kier molecular flexibility index (Phi) is 2.50. The fourth-order valence-electron chi connectivity index (χ4n) is 0.442. The zero-order chi connectivity index (χ0) is 7.72. The topological polar surface area (TPSA) is 12.9 Å². The maximum absolute atomic E-state index is 12.6. The summed E-state index contributed by atoms with van der Waals surface area (Å²) in [5.74, 6) is -0.592. The van der Waals surface area contributed by atoms with E-state index in [-0.39, 0.29) is 14.8 Å². The molecule has 1 rings (SSSR count). The van der Waals surface area contributed by atoms with Crippen LogP contribution in [0.5, 0.6) is 0 Å². The van der Waals surface area contributed by atoms with E-state index in [4.69, 9.17) is 23.2 Å². The third kappa shape index (κ3) is 1.59. The Balaban J connectivity index is 3.31. The first kappa shape index (κ1) is 8.24. The zero-order valence-electron chi connectivity index (χ0n) is 4.54. The molecule has 1 aromatic heterocycles. The molecule has 0 radical (unpaired) electrons. The van der Waals surface area contributed by atoms with Gasteiger partial charge in [0.05, 0.1) is 4.47 Å². The second-order valence-corrected chi connectivity index (χ2v) is 3.13. The van der Waals surface area contributed by atoms with Crippen molar-refractivity contribution in [1.82, 2.24) is 4.98 Å². The zero-order valence-corrected chi connectivity index (χ0v) is 7.63. The van der Waals surface area contributed by atoms with Crippen molar-refractivity contribution < 1.29 is 4.39 Å². The average Bonchev–Trinajstić information content (AvgIpc) is 1.82. The lowest BCUT2D eigenvalue weighted by atomic mass is 10.5. The number of nitrogens with zero attached hydrogens (tertiary/aromatic N) is 1. The van der Waals surface area contributed by atoms with Crippen molar-refractivity contribution >= 4 is 39.1 Å². The van der Waals surface area contributed by atoms with Crippen LogP contribution in [0.3, 0.4) is 0 Å². The van der Waals surface area contributed by atoms with Gasteiger partial charge in [-0.3, -0.25) is 0 Å². The van der Waals surface area contributed by atoms with Crippen LogP contribution in [0.2, 0.25) is 10.3 Å². The Morgan fingerprint density at radius 3 is 2.60 bits per heavy atom. The van der Waals surface area contributed by atoms with Gasteiger partial charge in [-0.1, -0.05) is 23.2 Å². The van der Waals surface area contributed by atoms with Crippen LogP contribution >= 0.6 is 39.1 Å². The highest BCUT2D eigenvalue weighted by atomic mass is 79.9. The van der Waals surface area contributed by atoms with Crippen molar-refractivity contribution in [3.05, 3.63) is 26.7 Å². The molecule has 5 heteroatoms. The predicted octanol–water partition coefficient (Wildman–Crippen LogP) is 3.29. The van der Waals surface area contributed by atoms with Crippen LogP contribution in [0.25, 0.3) is 0 Å². The highest BCUT2D eigenvalue weighted by Gasteiger charge is 2.06. The molecule has 10 heavy (non-hydrogen) atoms. The van der Waals surface area contributed by atoms with Crippen LogP contribution in [0.4, 0.5) is 4.39 Å². The second-order valence-electron chi connectivity index (χ2n) is 1.53. The molecule has 0 fully saturated rings. The van der Waals surface area contributed by atoms with Gasteiger partial charge in [0.1, 0.15) is 5.15 Å². The lowest BCUT2D eigenvalue weighted by Gasteiger charge is -1.95. The molecule has 0 spiro atoms. The maximum Gasteiger partial charge on any atom is 0.174 e. The largest absolute Gasteiger partial charge is 0.221 e. The van der Waals surface area contributed by atoms with Gasteiger partial charge in [-0.05, 0) is 22.0 Å². The van der Waals surface area contributed by atoms with E-state index in [1.807, 2.05) is 0 Å². The minimum atomic E-state index is -0.592. The van der Waals surface area contributed by atoms with E-state index in [1.165, 1.54) is 6.07 Å². The molecule has 54 valence electrons. The number of pyridine rings is 1. The molecule has 0 aromatic carbocycles. The summed E-state index contributed by atoms with van der Waals surface area (Å²) in [4.78, 5) is 3.46. The molecule has 0 atom stereocenters. The summed E-state index contributed by atoms with van der Waals surface area (Å²) >= 11 is 13.7. The summed E-state index contributed by atoms with van der Waals surface area (Å²) < 4.78 is 12.8. The van der Waals surface area contributed by atoms with Gasteiger partial charge in [-0.15, -0.1) is 0 Å². The first-order valence-corrected chi connectivity index (χ1v) is 3.83. The summed E-state index contributed by atoms with van der Waals surface area (Å²) in [5.41, 5.74) is 0. The summed E-state index contributed by atoms with van der Waals surface area (Å²) in [6, 6.07) is 1.34. The first-order valence-electron chi connectivity index (χ1n) is 2.28. The van der Waals surface area contributed by atoms with Gasteiger partial charge in [-0.2, -0.15) is 0 Å². The average molecular weight is 245 g/mol. The Hall–Kier alpha value is 0.140. The number of aromatic nitrogens is 1. The Bertz CT molecular complexity index is 243. The van der Waals surface area contributed by atoms with Gasteiger partial charge < -0.3 is 0 Å². The van der Waals surface area contributed by atoms with Crippen molar-refractivity contribution in [2.24, 2.45) is 0 Å². The Labute approximate surface area is 75.3 Å². The summed E-state index contributed by atoms with van der Waals surface area (Å²) in [6.07, 6.45) is 0. The van der Waals surface area contributed by atoms with Crippen LogP contribution in [-0.4, -0.2) is 4.98 Å². The molecule has 0 bridgehead atoms. The Morgan fingerprint density at radius 2 is 2.10 bits per heavy atom. The van der Waals surface area contributed by atoms with Crippen LogP contribution < -0.4 is 0 Å². The molecule has 0 aliphatic carbocycles. The number of halogens is 4. The molecular weight excluding hydrogens is 244 g/mol. The monoisotopic (exact) mass is 243 g/mol. The van der Waals surface area contributed by atoms with Crippen molar-refractivity contribution in [1.29, 1.82) is 0 Å². The fraction of sp³-hybridized carbons (Fsp3) is 0. The van der Waals surface area contributed by atoms with Crippen LogP contribution in [-0.2, 0) is 0 Å². The number of rotatable bonds is 0. The molecule has 0 unspecified atom stereocenters. The molecule has 0 saturated carbocycles. The smallest absolute Gasteiger partial charge is 0.174 e. The normalized spacial score (nSPS) is 10.0. The molecule has 0 saturated heterocycles. The molecule has 0 aliphatic rings. The Morgan fingerprint density at radius 1 is 1.50 bits per heavy atom. The van der Waals surface area contributed by atoms with E-state index in [2.05, 4.69) is 20.9 Å². The SMILES string of the molecule is Fc1c(Br)cc(Cl)nc1Cl. The van der Waals surface area contributed by atoms with Crippen molar-refractivity contribution in [3.8, 4) is 0 Å². The van der Waals surface area contributed by atoms with E-state index in [0.717, 1.165) is 0 Å². The first-order chi connectivity index (χ1) is 4.61. The second kappa shape index (κ2) is 3.03. The summed E-state index contributed by atoms with van der Waals surface area (Å²) in [7, 11) is 0. The van der Waals surface area contributed by atoms with E-state index in [0.29, 0.717) is 0 Å². The molecule has 0 aliphatic heterocycles. The molecule has 0 N–H and O–H groups in total. The van der Waals surface area contributed by atoms with Gasteiger partial charge >= 0.3 is 0 Å². The minimum absolute atomic E-state index is 0.165. The standard InChI is InChI=1S/C5HBrCl2FN/c6-2-1-3(7)10-5(8)4(2)9/h1H. The van der Waals surface area contributed by atoms with Crippen LogP contribution in [0, 0.1) is 5.82 Å². The van der Waals surface area contributed by atoms with E-state index in [9.17, 15) is 4.39 Å². The number of hydrogen-bond acceptors (Lipinski definition) is 1. The third-order valence-electron chi connectivity index (χ3n) is 0.842. The molecule has 1 heterocycles. The van der Waals surface area contributed by atoms with Gasteiger partial charge in [0.2, 0.25) is 0 Å². The van der Waals surface area contributed by atoms with Gasteiger partial charge in [-0.25, -0.2) is 9.37 Å². The highest BCUT2D eigenvalue weighted by molar-refractivity contribution is 9.10. The fourth-order valence-corrected chi connectivity index (χ4v) is 1.52. The predicted molar refractivity (Wildman–Crippen MR) is 41.9 cm³/mol. The molecule has 1 nitrogen and oxygen atoms in total. The summed E-state index contributed by atoms with van der Waals surface area (Å²) in [6.45, 7) is 0. The van der Waals surface area contributed by atoms with Crippen molar-refractivity contribution in [3.63, 3.8) is 0 Å². The van der Waals surface area contributed by atoms with Gasteiger partial charge in [0, 0.05) is 0 Å². The maximum atomic E-state index is 12.6. The van der Waals surface area contributed by atoms with Crippen LogP contribution in [0.1, 0.15) is 0 Å². The van der Waals surface area contributed by atoms with E-state index < -0.39 is 5.82 Å². The summed E-state index contributed by atoms with van der Waals surface area (Å²) in [5, 5.41) is -0.0577.